The van der Waals surface area contributed by atoms with E-state index in [0.717, 1.165) is 18.9 Å². The molecule has 2 rings (SSSR count). The van der Waals surface area contributed by atoms with Crippen LogP contribution in [0.5, 0.6) is 0 Å². The number of carbonyl (C=O) groups is 1. The molecule has 2 aliphatic rings. The second-order valence-electron chi connectivity index (χ2n) is 5.87. The van der Waals surface area contributed by atoms with Crippen LogP contribution in [0.2, 0.25) is 0 Å². The molecule has 2 unspecified atom stereocenters. The van der Waals surface area contributed by atoms with Gasteiger partial charge in [0.05, 0.1) is 6.42 Å². The zero-order chi connectivity index (χ0) is 12.3. The number of likely N-dealkylation sites (tertiary alicyclic amines) is 1. The van der Waals surface area contributed by atoms with Crippen LogP contribution < -0.4 is 0 Å². The van der Waals surface area contributed by atoms with Crippen molar-refractivity contribution in [2.75, 3.05) is 6.54 Å². The number of hydrogen-bond donors (Lipinski definition) is 1. The number of aliphatic carboxylic acids is 1. The summed E-state index contributed by atoms with van der Waals surface area (Å²) in [4.78, 5) is 13.4. The van der Waals surface area contributed by atoms with Crippen molar-refractivity contribution in [1.82, 2.24) is 4.90 Å². The number of carboxylic acids is 1. The van der Waals surface area contributed by atoms with E-state index in [1.54, 1.807) is 0 Å². The molecule has 1 aliphatic heterocycles. The highest BCUT2D eigenvalue weighted by Crippen LogP contribution is 2.33. The average Bonchev–Trinajstić information content (AvgIpc) is 2.23. The minimum atomic E-state index is -0.641. The van der Waals surface area contributed by atoms with Gasteiger partial charge in [0.25, 0.3) is 0 Å². The first-order valence-corrected chi connectivity index (χ1v) is 7.14. The fourth-order valence-electron chi connectivity index (χ4n) is 3.37. The van der Waals surface area contributed by atoms with Gasteiger partial charge in [-0.3, -0.25) is 9.69 Å². The van der Waals surface area contributed by atoms with E-state index in [4.69, 9.17) is 5.11 Å². The lowest BCUT2D eigenvalue weighted by atomic mass is 9.80. The van der Waals surface area contributed by atoms with E-state index in [2.05, 4.69) is 11.8 Å². The summed E-state index contributed by atoms with van der Waals surface area (Å²) in [5.74, 6) is 0.273. The Kier molecular flexibility index (Phi) is 4.43. The molecular weight excluding hydrogens is 214 g/mol. The maximum atomic E-state index is 10.9. The lowest BCUT2D eigenvalue weighted by Gasteiger charge is -2.41. The smallest absolute Gasteiger partial charge is 0.304 e. The fraction of sp³-hybridized carbons (Fsp3) is 0.929. The summed E-state index contributed by atoms with van der Waals surface area (Å²) in [6.45, 7) is 3.39. The second kappa shape index (κ2) is 5.85. The Balaban J connectivity index is 1.87. The van der Waals surface area contributed by atoms with Crippen LogP contribution in [0.4, 0.5) is 0 Å². The Morgan fingerprint density at radius 1 is 1.29 bits per heavy atom. The van der Waals surface area contributed by atoms with E-state index >= 15 is 0 Å². The number of rotatable bonds is 5. The molecule has 2 fully saturated rings. The summed E-state index contributed by atoms with van der Waals surface area (Å²) in [7, 11) is 0. The van der Waals surface area contributed by atoms with E-state index in [0.29, 0.717) is 12.5 Å². The van der Waals surface area contributed by atoms with Crippen LogP contribution in [-0.4, -0.2) is 34.6 Å². The Hall–Kier alpha value is -0.570. The summed E-state index contributed by atoms with van der Waals surface area (Å²) in [6.07, 6.45) is 9.29. The first kappa shape index (κ1) is 12.9. The van der Waals surface area contributed by atoms with Crippen molar-refractivity contribution >= 4 is 5.97 Å². The number of nitrogens with zero attached hydrogens (tertiary/aromatic N) is 1. The molecule has 0 spiro atoms. The Labute approximate surface area is 104 Å². The summed E-state index contributed by atoms with van der Waals surface area (Å²) < 4.78 is 0. The molecule has 1 N–H and O–H groups in total. The minimum Gasteiger partial charge on any atom is -0.481 e. The predicted molar refractivity (Wildman–Crippen MR) is 68.0 cm³/mol. The Morgan fingerprint density at radius 3 is 2.65 bits per heavy atom. The molecule has 0 aromatic heterocycles. The fourth-order valence-corrected chi connectivity index (χ4v) is 3.37. The average molecular weight is 239 g/mol. The molecule has 0 amide bonds. The highest BCUT2D eigenvalue weighted by Gasteiger charge is 2.30. The van der Waals surface area contributed by atoms with Crippen molar-refractivity contribution in [3.05, 3.63) is 0 Å². The van der Waals surface area contributed by atoms with Gasteiger partial charge in [-0.25, -0.2) is 0 Å². The SMILES string of the molecule is CC(CC1CCC1)N1CCCCC1CC(=O)O. The highest BCUT2D eigenvalue weighted by atomic mass is 16.4. The van der Waals surface area contributed by atoms with Crippen molar-refractivity contribution in [2.45, 2.75) is 70.4 Å². The van der Waals surface area contributed by atoms with Gasteiger partial charge in [0, 0.05) is 12.1 Å². The molecule has 98 valence electrons. The molecule has 1 aliphatic carbocycles. The maximum absolute atomic E-state index is 10.9. The van der Waals surface area contributed by atoms with Gasteiger partial charge in [-0.2, -0.15) is 0 Å². The van der Waals surface area contributed by atoms with Crippen LogP contribution in [0.1, 0.15) is 58.3 Å². The monoisotopic (exact) mass is 239 g/mol. The topological polar surface area (TPSA) is 40.5 Å². The van der Waals surface area contributed by atoms with E-state index < -0.39 is 5.97 Å². The summed E-state index contributed by atoms with van der Waals surface area (Å²) in [5, 5.41) is 8.98. The van der Waals surface area contributed by atoms with E-state index in [1.165, 1.54) is 38.5 Å². The molecule has 2 atom stereocenters. The predicted octanol–water partition coefficient (Wildman–Crippen LogP) is 2.89. The largest absolute Gasteiger partial charge is 0.481 e. The third kappa shape index (κ3) is 3.44. The number of hydrogen-bond acceptors (Lipinski definition) is 2. The van der Waals surface area contributed by atoms with Crippen LogP contribution in [-0.2, 0) is 4.79 Å². The highest BCUT2D eigenvalue weighted by molar-refractivity contribution is 5.67. The first-order chi connectivity index (χ1) is 8.16. The molecule has 1 saturated heterocycles. The molecule has 0 bridgehead atoms. The molecule has 0 aromatic carbocycles. The number of carboxylic acid groups (broad SMARTS) is 1. The normalized spacial score (nSPS) is 28.6. The lowest BCUT2D eigenvalue weighted by molar-refractivity contribution is -0.139. The van der Waals surface area contributed by atoms with E-state index in [9.17, 15) is 4.79 Å². The van der Waals surface area contributed by atoms with E-state index in [1.807, 2.05) is 0 Å². The maximum Gasteiger partial charge on any atom is 0.304 e. The van der Waals surface area contributed by atoms with Gasteiger partial charge in [0.15, 0.2) is 0 Å². The van der Waals surface area contributed by atoms with Gasteiger partial charge in [-0.05, 0) is 38.6 Å². The van der Waals surface area contributed by atoms with Crippen molar-refractivity contribution in [3.63, 3.8) is 0 Å². The van der Waals surface area contributed by atoms with Crippen LogP contribution >= 0.6 is 0 Å². The third-order valence-corrected chi connectivity index (χ3v) is 4.55. The molecule has 3 heteroatoms. The van der Waals surface area contributed by atoms with Gasteiger partial charge < -0.3 is 5.11 Å². The third-order valence-electron chi connectivity index (χ3n) is 4.55. The lowest BCUT2D eigenvalue weighted by Crippen LogP contribution is -2.47. The van der Waals surface area contributed by atoms with Crippen LogP contribution in [0.15, 0.2) is 0 Å². The first-order valence-electron chi connectivity index (χ1n) is 7.14. The molecule has 1 heterocycles. The molecule has 0 radical (unpaired) electrons. The molecule has 17 heavy (non-hydrogen) atoms. The Morgan fingerprint density at radius 2 is 2.06 bits per heavy atom. The van der Waals surface area contributed by atoms with Gasteiger partial charge in [0.1, 0.15) is 0 Å². The van der Waals surface area contributed by atoms with Gasteiger partial charge >= 0.3 is 5.97 Å². The standard InChI is InChI=1S/C14H25NO2/c1-11(9-12-5-4-6-12)15-8-3-2-7-13(15)10-14(16)17/h11-13H,2-10H2,1H3,(H,16,17). The van der Waals surface area contributed by atoms with Gasteiger partial charge in [-0.15, -0.1) is 0 Å². The molecule has 3 nitrogen and oxygen atoms in total. The molecule has 0 aromatic rings. The molecular formula is C14H25NO2. The second-order valence-corrected chi connectivity index (χ2v) is 5.87. The van der Waals surface area contributed by atoms with Crippen LogP contribution in [0.3, 0.4) is 0 Å². The summed E-state index contributed by atoms with van der Waals surface area (Å²) in [6, 6.07) is 0.862. The van der Waals surface area contributed by atoms with Gasteiger partial charge in [-0.1, -0.05) is 25.7 Å². The van der Waals surface area contributed by atoms with Gasteiger partial charge in [0.2, 0.25) is 0 Å². The minimum absolute atomic E-state index is 0.288. The zero-order valence-corrected chi connectivity index (χ0v) is 10.9. The molecule has 1 saturated carbocycles. The number of piperidine rings is 1. The van der Waals surface area contributed by atoms with Crippen molar-refractivity contribution < 1.29 is 9.90 Å². The van der Waals surface area contributed by atoms with Crippen molar-refractivity contribution in [2.24, 2.45) is 5.92 Å². The summed E-state index contributed by atoms with van der Waals surface area (Å²) in [5.41, 5.74) is 0. The van der Waals surface area contributed by atoms with Crippen molar-refractivity contribution in [1.29, 1.82) is 0 Å². The Bertz CT molecular complexity index is 263. The zero-order valence-electron chi connectivity index (χ0n) is 10.9. The van der Waals surface area contributed by atoms with Crippen molar-refractivity contribution in [3.8, 4) is 0 Å². The quantitative estimate of drug-likeness (QED) is 0.802. The summed E-state index contributed by atoms with van der Waals surface area (Å²) >= 11 is 0. The van der Waals surface area contributed by atoms with Crippen LogP contribution in [0, 0.1) is 5.92 Å². The van der Waals surface area contributed by atoms with E-state index in [-0.39, 0.29) is 6.04 Å². The van der Waals surface area contributed by atoms with Crippen LogP contribution in [0.25, 0.3) is 0 Å².